The lowest BCUT2D eigenvalue weighted by Gasteiger charge is -2.24. The van der Waals surface area contributed by atoms with Gasteiger partial charge in [-0.2, -0.15) is 0 Å². The highest BCUT2D eigenvalue weighted by Crippen LogP contribution is 2.55. The van der Waals surface area contributed by atoms with Crippen molar-refractivity contribution in [1.82, 2.24) is 9.97 Å². The maximum absolute atomic E-state index is 16.5. The standard InChI is InChI=1S/C38H23N2OP/c41-42(34-23-24-11-1-2-12-25(24)26-13-3-4-14-27(26)34)32-19-7-5-15-30(32)35-36(31-16-6-8-20-33(31)42)38-29(18-10-22-40-38)28-17-9-21-39-37(28)35/h1-23H. The van der Waals surface area contributed by atoms with Crippen LogP contribution in [0.15, 0.2) is 140 Å². The molecule has 42 heavy (non-hydrogen) atoms. The van der Waals surface area contributed by atoms with E-state index >= 15 is 4.57 Å². The van der Waals surface area contributed by atoms with Crippen molar-refractivity contribution < 1.29 is 4.57 Å². The molecular weight excluding hydrogens is 531 g/mol. The smallest absolute Gasteiger partial charge is 0.172 e. The molecular formula is C38H23N2OP. The maximum atomic E-state index is 16.5. The van der Waals surface area contributed by atoms with E-state index in [0.29, 0.717) is 0 Å². The molecule has 0 fully saturated rings. The zero-order valence-electron chi connectivity index (χ0n) is 22.5. The number of hydrogen-bond donors (Lipinski definition) is 0. The Morgan fingerprint density at radius 2 is 0.905 bits per heavy atom. The summed E-state index contributed by atoms with van der Waals surface area (Å²) in [5, 5.41) is 8.97. The number of hydrogen-bond acceptors (Lipinski definition) is 3. The summed E-state index contributed by atoms with van der Waals surface area (Å²) in [5.74, 6) is 0. The van der Waals surface area contributed by atoms with Crippen LogP contribution in [0.4, 0.5) is 0 Å². The Morgan fingerprint density at radius 1 is 0.429 bits per heavy atom. The minimum Gasteiger partial charge on any atom is -0.309 e. The first-order valence-corrected chi connectivity index (χ1v) is 15.8. The lowest BCUT2D eigenvalue weighted by atomic mass is 9.89. The summed E-state index contributed by atoms with van der Waals surface area (Å²) < 4.78 is 16.5. The molecule has 0 bridgehead atoms. The van der Waals surface area contributed by atoms with E-state index in [0.717, 1.165) is 81.5 Å². The molecule has 0 radical (unpaired) electrons. The van der Waals surface area contributed by atoms with Crippen molar-refractivity contribution in [2.75, 3.05) is 0 Å². The molecule has 6 aromatic carbocycles. The Labute approximate surface area is 242 Å². The van der Waals surface area contributed by atoms with Gasteiger partial charge in [-0.15, -0.1) is 0 Å². The number of aromatic nitrogens is 2. The van der Waals surface area contributed by atoms with Crippen LogP contribution in [0.1, 0.15) is 0 Å². The maximum Gasteiger partial charge on any atom is 0.172 e. The second-order valence-electron chi connectivity index (χ2n) is 10.9. The van der Waals surface area contributed by atoms with Crippen LogP contribution < -0.4 is 15.9 Å². The van der Waals surface area contributed by atoms with E-state index in [1.807, 2.05) is 54.9 Å². The minimum atomic E-state index is -3.43. The molecule has 1 aliphatic heterocycles. The first-order chi connectivity index (χ1) is 20.7. The number of fused-ring (bicyclic) bond motifs is 13. The summed E-state index contributed by atoms with van der Waals surface area (Å²) in [5.41, 5.74) is 5.66. The van der Waals surface area contributed by atoms with Gasteiger partial charge < -0.3 is 4.57 Å². The Hall–Kier alpha value is -5.11. The van der Waals surface area contributed by atoms with Crippen molar-refractivity contribution in [3.8, 4) is 22.3 Å². The quantitative estimate of drug-likeness (QED) is 0.151. The van der Waals surface area contributed by atoms with Crippen molar-refractivity contribution in [3.63, 3.8) is 0 Å². The number of nitrogens with zero attached hydrogens (tertiary/aromatic N) is 2. The summed E-state index contributed by atoms with van der Waals surface area (Å²) >= 11 is 0. The van der Waals surface area contributed by atoms with Gasteiger partial charge >= 0.3 is 0 Å². The summed E-state index contributed by atoms with van der Waals surface area (Å²) in [6, 6.07) is 43.6. The number of rotatable bonds is 1. The Balaban J connectivity index is 1.55. The molecule has 0 atom stereocenters. The third-order valence-electron chi connectivity index (χ3n) is 8.74. The molecule has 0 saturated carbocycles. The van der Waals surface area contributed by atoms with E-state index in [-0.39, 0.29) is 0 Å². The lowest BCUT2D eigenvalue weighted by molar-refractivity contribution is 0.593. The van der Waals surface area contributed by atoms with Crippen LogP contribution in [0.2, 0.25) is 0 Å². The number of benzene rings is 6. The SMILES string of the molecule is O=P1(c2cc3ccccc3c3ccccc23)c2ccccc2-c2c(c3ncccc3c3cccnc23)-c2ccccc21. The Kier molecular flexibility index (Phi) is 4.88. The van der Waals surface area contributed by atoms with Gasteiger partial charge in [-0.1, -0.05) is 109 Å². The molecule has 1 aliphatic rings. The van der Waals surface area contributed by atoms with Crippen molar-refractivity contribution in [2.24, 2.45) is 0 Å². The molecule has 3 nitrogen and oxygen atoms in total. The van der Waals surface area contributed by atoms with Gasteiger partial charge in [-0.3, -0.25) is 9.97 Å². The van der Waals surface area contributed by atoms with Gasteiger partial charge in [0.2, 0.25) is 0 Å². The normalized spacial score (nSPS) is 13.5. The fourth-order valence-corrected chi connectivity index (χ4v) is 10.3. The molecule has 0 aliphatic carbocycles. The van der Waals surface area contributed by atoms with Crippen LogP contribution in [-0.2, 0) is 4.57 Å². The van der Waals surface area contributed by atoms with Crippen LogP contribution in [-0.4, -0.2) is 9.97 Å². The minimum absolute atomic E-state index is 0.832. The molecule has 0 saturated heterocycles. The van der Waals surface area contributed by atoms with Crippen molar-refractivity contribution >= 4 is 66.4 Å². The molecule has 2 aromatic heterocycles. The summed E-state index contributed by atoms with van der Waals surface area (Å²) in [6.45, 7) is 0. The average Bonchev–Trinajstić information content (AvgIpc) is 3.16. The molecule has 0 N–H and O–H groups in total. The Morgan fingerprint density at radius 3 is 1.52 bits per heavy atom. The zero-order valence-corrected chi connectivity index (χ0v) is 23.4. The van der Waals surface area contributed by atoms with E-state index in [1.54, 1.807) is 0 Å². The molecule has 8 aromatic rings. The topological polar surface area (TPSA) is 42.9 Å². The summed E-state index contributed by atoms with van der Waals surface area (Å²) in [6.07, 6.45) is 3.70. The molecule has 9 rings (SSSR count). The third-order valence-corrected chi connectivity index (χ3v) is 11.9. The fourth-order valence-electron chi connectivity index (χ4n) is 7.01. The van der Waals surface area contributed by atoms with Crippen LogP contribution in [0.3, 0.4) is 0 Å². The average molecular weight is 555 g/mol. The monoisotopic (exact) mass is 554 g/mol. The first-order valence-electron chi connectivity index (χ1n) is 14.1. The van der Waals surface area contributed by atoms with E-state index in [4.69, 9.17) is 9.97 Å². The van der Waals surface area contributed by atoms with Gasteiger partial charge in [0.15, 0.2) is 7.14 Å². The van der Waals surface area contributed by atoms with Crippen molar-refractivity contribution in [3.05, 3.63) is 140 Å². The lowest BCUT2D eigenvalue weighted by Crippen LogP contribution is -2.27. The zero-order chi connectivity index (χ0) is 27.8. The molecule has 0 spiro atoms. The predicted molar refractivity (Wildman–Crippen MR) is 176 cm³/mol. The largest absolute Gasteiger partial charge is 0.309 e. The van der Waals surface area contributed by atoms with E-state index < -0.39 is 7.14 Å². The molecule has 0 amide bonds. The predicted octanol–water partition coefficient (Wildman–Crippen LogP) is 8.38. The van der Waals surface area contributed by atoms with Gasteiger partial charge in [0, 0.05) is 50.2 Å². The van der Waals surface area contributed by atoms with Crippen LogP contribution in [0, 0.1) is 0 Å². The van der Waals surface area contributed by atoms with Gasteiger partial charge in [0.05, 0.1) is 11.0 Å². The van der Waals surface area contributed by atoms with Gasteiger partial charge in [-0.05, 0) is 50.9 Å². The molecule has 4 heteroatoms. The van der Waals surface area contributed by atoms with Crippen LogP contribution in [0.5, 0.6) is 0 Å². The second kappa shape index (κ2) is 8.69. The Bertz CT molecular complexity index is 2350. The second-order valence-corrected chi connectivity index (χ2v) is 13.5. The fraction of sp³-hybridized carbons (Fsp3) is 0. The van der Waals surface area contributed by atoms with E-state index in [2.05, 4.69) is 84.9 Å². The van der Waals surface area contributed by atoms with Crippen LogP contribution in [0.25, 0.3) is 65.6 Å². The summed E-state index contributed by atoms with van der Waals surface area (Å²) in [7, 11) is -3.43. The van der Waals surface area contributed by atoms with Gasteiger partial charge in [-0.25, -0.2) is 0 Å². The van der Waals surface area contributed by atoms with Crippen molar-refractivity contribution in [1.29, 1.82) is 0 Å². The van der Waals surface area contributed by atoms with Crippen molar-refractivity contribution in [2.45, 2.75) is 0 Å². The van der Waals surface area contributed by atoms with Gasteiger partial charge in [0.25, 0.3) is 0 Å². The first kappa shape index (κ1) is 23.6. The molecule has 196 valence electrons. The molecule has 0 unspecified atom stereocenters. The van der Waals surface area contributed by atoms with Crippen LogP contribution >= 0.6 is 7.14 Å². The summed E-state index contributed by atoms with van der Waals surface area (Å²) in [4.78, 5) is 9.90. The molecule has 3 heterocycles. The number of pyridine rings is 2. The highest BCUT2D eigenvalue weighted by atomic mass is 31.2. The van der Waals surface area contributed by atoms with E-state index in [1.165, 1.54) is 0 Å². The highest BCUT2D eigenvalue weighted by molar-refractivity contribution is 7.86. The highest BCUT2D eigenvalue weighted by Gasteiger charge is 2.40. The van der Waals surface area contributed by atoms with Gasteiger partial charge in [0.1, 0.15) is 0 Å². The third kappa shape index (κ3) is 3.04. The van der Waals surface area contributed by atoms with E-state index in [9.17, 15) is 0 Å².